The highest BCUT2D eigenvalue weighted by Gasteiger charge is 2.05. The summed E-state index contributed by atoms with van der Waals surface area (Å²) >= 11 is 0. The molecule has 0 aromatic carbocycles. The van der Waals surface area contributed by atoms with E-state index in [2.05, 4.69) is 6.92 Å². The number of rotatable bonds is 0. The van der Waals surface area contributed by atoms with Gasteiger partial charge >= 0.3 is 0 Å². The van der Waals surface area contributed by atoms with Gasteiger partial charge in [0.15, 0.2) is 0 Å². The summed E-state index contributed by atoms with van der Waals surface area (Å²) in [6.45, 7) is 3.79. The third kappa shape index (κ3) is 9.45. The van der Waals surface area contributed by atoms with Crippen LogP contribution in [0.3, 0.4) is 0 Å². The predicted octanol–water partition coefficient (Wildman–Crippen LogP) is 2.29. The predicted molar refractivity (Wildman–Crippen MR) is 47.1 cm³/mol. The quantitative estimate of drug-likeness (QED) is 0.532. The third-order valence-electron chi connectivity index (χ3n) is 1.89. The second-order valence-electron chi connectivity index (χ2n) is 2.97. The number of hydrogen-bond donors (Lipinski definition) is 0. The summed E-state index contributed by atoms with van der Waals surface area (Å²) in [7, 11) is 0. The molecule has 0 aromatic heterocycles. The molecule has 1 rings (SSSR count). The first-order chi connectivity index (χ1) is 4.81. The van der Waals surface area contributed by atoms with E-state index in [1.165, 1.54) is 39.0 Å². The van der Waals surface area contributed by atoms with Crippen LogP contribution in [0.25, 0.3) is 0 Å². The van der Waals surface area contributed by atoms with Gasteiger partial charge in [0.05, 0.1) is 6.07 Å². The normalized spacial score (nSPS) is 16.8. The van der Waals surface area contributed by atoms with E-state index in [0.717, 1.165) is 5.92 Å². The summed E-state index contributed by atoms with van der Waals surface area (Å²) in [5.41, 5.74) is 0. The van der Waals surface area contributed by atoms with Crippen molar-refractivity contribution in [2.24, 2.45) is 5.92 Å². The van der Waals surface area contributed by atoms with Crippen molar-refractivity contribution in [3.63, 3.8) is 0 Å². The molecule has 1 fully saturated rings. The van der Waals surface area contributed by atoms with E-state index < -0.39 is 0 Å². The summed E-state index contributed by atoms with van der Waals surface area (Å²) in [6, 6.07) is 1.75. The summed E-state index contributed by atoms with van der Waals surface area (Å²) in [5.74, 6) is 1.04. The van der Waals surface area contributed by atoms with Crippen LogP contribution < -0.4 is 0 Å². The summed E-state index contributed by atoms with van der Waals surface area (Å²) < 4.78 is 0. The smallest absolute Gasteiger partial charge is 0.0587 e. The van der Waals surface area contributed by atoms with Crippen molar-refractivity contribution in [2.45, 2.75) is 46.0 Å². The van der Waals surface area contributed by atoms with Crippen LogP contribution in [0.1, 0.15) is 46.0 Å². The molecule has 1 aliphatic carbocycles. The first-order valence-corrected chi connectivity index (χ1v) is 4.12. The molecule has 0 bridgehead atoms. The molecule has 0 radical (unpaired) electrons. The molecular formula is C9H19NO. The van der Waals surface area contributed by atoms with Crippen LogP contribution in [0.15, 0.2) is 0 Å². The van der Waals surface area contributed by atoms with Gasteiger partial charge in [0.1, 0.15) is 0 Å². The van der Waals surface area contributed by atoms with Crippen LogP contribution in [0.4, 0.5) is 0 Å². The average Bonchev–Trinajstić information content (AvgIpc) is 1.91. The molecule has 0 saturated heterocycles. The van der Waals surface area contributed by atoms with Crippen molar-refractivity contribution < 1.29 is 5.48 Å². The first-order valence-electron chi connectivity index (χ1n) is 4.12. The highest BCUT2D eigenvalue weighted by atomic mass is 16.0. The highest BCUT2D eigenvalue weighted by molar-refractivity contribution is 4.59. The lowest BCUT2D eigenvalue weighted by Gasteiger charge is -2.15. The van der Waals surface area contributed by atoms with Crippen molar-refractivity contribution in [3.8, 4) is 6.07 Å². The van der Waals surface area contributed by atoms with Crippen molar-refractivity contribution >= 4 is 0 Å². The maximum atomic E-state index is 7.32. The number of nitriles is 1. The standard InChI is InChI=1S/C7H14.C2H3N.H2O/c1-7-5-3-2-4-6-7;1-2-3;/h7H,2-6H2,1H3;1H3;1H2. The van der Waals surface area contributed by atoms with Crippen LogP contribution >= 0.6 is 0 Å². The Hall–Kier alpha value is -0.550. The molecule has 0 aliphatic heterocycles. The van der Waals surface area contributed by atoms with Crippen molar-refractivity contribution in [2.75, 3.05) is 0 Å². The Morgan fingerprint density at radius 2 is 1.55 bits per heavy atom. The zero-order valence-electron chi connectivity index (χ0n) is 7.56. The monoisotopic (exact) mass is 157 g/mol. The molecule has 66 valence electrons. The molecule has 0 unspecified atom stereocenters. The Labute approximate surface area is 69.5 Å². The first kappa shape index (κ1) is 13.1. The minimum atomic E-state index is 0. The Kier molecular flexibility index (Phi) is 11.2. The highest BCUT2D eigenvalue weighted by Crippen LogP contribution is 2.21. The van der Waals surface area contributed by atoms with Crippen molar-refractivity contribution in [1.82, 2.24) is 0 Å². The molecule has 1 saturated carbocycles. The lowest BCUT2D eigenvalue weighted by Crippen LogP contribution is -1.99. The number of hydrogen-bond acceptors (Lipinski definition) is 1. The lowest BCUT2D eigenvalue weighted by atomic mass is 9.91. The third-order valence-corrected chi connectivity index (χ3v) is 1.89. The minimum absolute atomic E-state index is 0. The van der Waals surface area contributed by atoms with Gasteiger partial charge in [-0.05, 0) is 5.92 Å². The Morgan fingerprint density at radius 1 is 1.18 bits per heavy atom. The zero-order chi connectivity index (χ0) is 7.82. The number of nitrogens with zero attached hydrogens (tertiary/aromatic N) is 1. The molecule has 0 spiro atoms. The summed E-state index contributed by atoms with van der Waals surface area (Å²) in [4.78, 5) is 0. The second kappa shape index (κ2) is 9.45. The minimum Gasteiger partial charge on any atom is -0.412 e. The van der Waals surface area contributed by atoms with E-state index in [4.69, 9.17) is 5.26 Å². The van der Waals surface area contributed by atoms with Crippen molar-refractivity contribution in [3.05, 3.63) is 0 Å². The van der Waals surface area contributed by atoms with E-state index in [-0.39, 0.29) is 5.48 Å². The van der Waals surface area contributed by atoms with E-state index >= 15 is 0 Å². The molecule has 11 heavy (non-hydrogen) atoms. The van der Waals surface area contributed by atoms with Crippen molar-refractivity contribution in [1.29, 1.82) is 5.26 Å². The van der Waals surface area contributed by atoms with Gasteiger partial charge in [-0.2, -0.15) is 5.26 Å². The molecule has 0 aromatic rings. The van der Waals surface area contributed by atoms with E-state index in [0.29, 0.717) is 0 Å². The van der Waals surface area contributed by atoms with Gasteiger partial charge in [0.25, 0.3) is 0 Å². The van der Waals surface area contributed by atoms with Gasteiger partial charge in [0.2, 0.25) is 0 Å². The van der Waals surface area contributed by atoms with Gasteiger partial charge in [-0.15, -0.1) is 0 Å². The zero-order valence-corrected chi connectivity index (χ0v) is 7.56. The van der Waals surface area contributed by atoms with Crippen LogP contribution in [0.5, 0.6) is 0 Å². The maximum absolute atomic E-state index is 7.32. The molecule has 2 nitrogen and oxygen atoms in total. The van der Waals surface area contributed by atoms with Gasteiger partial charge in [-0.25, -0.2) is 0 Å². The van der Waals surface area contributed by atoms with E-state index in [1.807, 2.05) is 0 Å². The lowest BCUT2D eigenvalue weighted by molar-refractivity contribution is 0.385. The molecule has 2 N–H and O–H groups in total. The van der Waals surface area contributed by atoms with Crippen LogP contribution in [-0.2, 0) is 0 Å². The maximum Gasteiger partial charge on any atom is 0.0587 e. The van der Waals surface area contributed by atoms with E-state index in [1.54, 1.807) is 6.07 Å². The molecular weight excluding hydrogens is 138 g/mol. The van der Waals surface area contributed by atoms with Crippen LogP contribution in [-0.4, -0.2) is 5.48 Å². The van der Waals surface area contributed by atoms with Crippen LogP contribution in [0, 0.1) is 17.2 Å². The largest absolute Gasteiger partial charge is 0.412 e. The van der Waals surface area contributed by atoms with Crippen LogP contribution in [0.2, 0.25) is 0 Å². The van der Waals surface area contributed by atoms with Gasteiger partial charge < -0.3 is 5.48 Å². The fraction of sp³-hybridized carbons (Fsp3) is 0.889. The Balaban J connectivity index is 0. The van der Waals surface area contributed by atoms with Gasteiger partial charge in [-0.3, -0.25) is 0 Å². The summed E-state index contributed by atoms with van der Waals surface area (Å²) in [5, 5.41) is 7.32. The van der Waals surface area contributed by atoms with E-state index in [9.17, 15) is 0 Å². The average molecular weight is 157 g/mol. The molecule has 1 aliphatic rings. The SMILES string of the molecule is CC#N.CC1CCCCC1.O. The fourth-order valence-corrected chi connectivity index (χ4v) is 1.31. The molecule has 0 atom stereocenters. The second-order valence-corrected chi connectivity index (χ2v) is 2.97. The summed E-state index contributed by atoms with van der Waals surface area (Å²) in [6.07, 6.45) is 7.44. The Morgan fingerprint density at radius 3 is 1.73 bits per heavy atom. The molecule has 0 amide bonds. The topological polar surface area (TPSA) is 55.3 Å². The van der Waals surface area contributed by atoms with Gasteiger partial charge in [-0.1, -0.05) is 39.0 Å². The molecule has 2 heteroatoms. The fourth-order valence-electron chi connectivity index (χ4n) is 1.31. The Bertz CT molecular complexity index is 101. The van der Waals surface area contributed by atoms with Gasteiger partial charge in [0, 0.05) is 6.92 Å². The molecule has 0 heterocycles.